The zero-order valence-electron chi connectivity index (χ0n) is 13.1. The van der Waals surface area contributed by atoms with Crippen LogP contribution in [0.3, 0.4) is 0 Å². The van der Waals surface area contributed by atoms with Gasteiger partial charge in [-0.05, 0) is 30.3 Å². The predicted octanol–water partition coefficient (Wildman–Crippen LogP) is 5.40. The van der Waals surface area contributed by atoms with Gasteiger partial charge < -0.3 is 10.4 Å². The molecule has 25 heavy (non-hydrogen) atoms. The minimum Gasteiger partial charge on any atom is -0.506 e. The molecule has 5 heteroatoms. The average molecular weight is 348 g/mol. The average Bonchev–Trinajstić information content (AvgIpc) is 2.65. The number of para-hydroxylation sites is 1. The van der Waals surface area contributed by atoms with Gasteiger partial charge in [-0.3, -0.25) is 0 Å². The molecule has 2 N–H and O–H groups in total. The van der Waals surface area contributed by atoms with E-state index in [0.29, 0.717) is 22.4 Å². The molecule has 4 aromatic rings. The number of hydrogen-bond acceptors (Lipinski definition) is 4. The number of aromatic nitrogens is 2. The third-order valence-corrected chi connectivity index (χ3v) is 4.08. The highest BCUT2D eigenvalue weighted by atomic mass is 35.5. The summed E-state index contributed by atoms with van der Waals surface area (Å²) in [6, 6.07) is 22.4. The molecule has 3 aromatic carbocycles. The number of rotatable bonds is 3. The number of phenolic OH excluding ortho intramolecular Hbond substituents is 1. The molecule has 0 bridgehead atoms. The second-order valence-electron chi connectivity index (χ2n) is 5.57. The third kappa shape index (κ3) is 3.12. The quantitative estimate of drug-likeness (QED) is 0.487. The van der Waals surface area contributed by atoms with Gasteiger partial charge in [-0.25, -0.2) is 9.97 Å². The second kappa shape index (κ2) is 6.42. The normalized spacial score (nSPS) is 10.8. The van der Waals surface area contributed by atoms with E-state index in [4.69, 9.17) is 11.6 Å². The van der Waals surface area contributed by atoms with Gasteiger partial charge in [0.05, 0.1) is 11.2 Å². The monoisotopic (exact) mass is 347 g/mol. The smallest absolute Gasteiger partial charge is 0.162 e. The van der Waals surface area contributed by atoms with Gasteiger partial charge in [0.15, 0.2) is 5.82 Å². The van der Waals surface area contributed by atoms with Crippen LogP contribution in [0.15, 0.2) is 72.8 Å². The lowest BCUT2D eigenvalue weighted by atomic mass is 10.2. The Balaban J connectivity index is 1.88. The molecule has 1 aromatic heterocycles. The summed E-state index contributed by atoms with van der Waals surface area (Å²) >= 11 is 6.04. The van der Waals surface area contributed by atoms with Gasteiger partial charge in [0.2, 0.25) is 0 Å². The Bertz CT molecular complexity index is 1050. The fourth-order valence-corrected chi connectivity index (χ4v) is 2.80. The number of fused-ring (bicyclic) bond motifs is 1. The third-order valence-electron chi connectivity index (χ3n) is 3.85. The van der Waals surface area contributed by atoms with Crippen molar-refractivity contribution in [3.05, 3.63) is 77.8 Å². The molecule has 0 saturated carbocycles. The highest BCUT2D eigenvalue weighted by Crippen LogP contribution is 2.32. The zero-order valence-corrected chi connectivity index (χ0v) is 13.9. The lowest BCUT2D eigenvalue weighted by Gasteiger charge is -2.12. The van der Waals surface area contributed by atoms with E-state index in [2.05, 4.69) is 15.3 Å². The number of nitrogens with one attached hydrogen (secondary N) is 1. The molecule has 4 rings (SSSR count). The van der Waals surface area contributed by atoms with Gasteiger partial charge in [-0.1, -0.05) is 54.1 Å². The molecule has 0 aliphatic heterocycles. The van der Waals surface area contributed by atoms with Gasteiger partial charge in [0.1, 0.15) is 11.6 Å². The number of anilines is 2. The summed E-state index contributed by atoms with van der Waals surface area (Å²) in [6.45, 7) is 0. The van der Waals surface area contributed by atoms with Crippen molar-refractivity contribution in [2.75, 3.05) is 5.32 Å². The summed E-state index contributed by atoms with van der Waals surface area (Å²) in [5.74, 6) is 1.33. The van der Waals surface area contributed by atoms with Crippen LogP contribution in [0.5, 0.6) is 5.75 Å². The van der Waals surface area contributed by atoms with Crippen LogP contribution in [0.1, 0.15) is 0 Å². The minimum atomic E-state index is 0.105. The van der Waals surface area contributed by atoms with Gasteiger partial charge in [0.25, 0.3) is 0 Å². The maximum atomic E-state index is 10.1. The standard InChI is InChI=1S/C20H14ClN3O/c21-14-10-11-18(25)17(12-14)23-20-15-8-4-5-9-16(15)22-19(24-20)13-6-2-1-3-7-13/h1-12,25H,(H,22,23,24). The van der Waals surface area contributed by atoms with E-state index in [9.17, 15) is 5.11 Å². The van der Waals surface area contributed by atoms with Crippen LogP contribution in [0, 0.1) is 0 Å². The van der Waals surface area contributed by atoms with Crippen LogP contribution in [0.25, 0.3) is 22.3 Å². The molecule has 0 spiro atoms. The Morgan fingerprint density at radius 1 is 0.840 bits per heavy atom. The fraction of sp³-hybridized carbons (Fsp3) is 0. The van der Waals surface area contributed by atoms with Gasteiger partial charge in [-0.2, -0.15) is 0 Å². The summed E-state index contributed by atoms with van der Waals surface area (Å²) in [4.78, 5) is 9.31. The van der Waals surface area contributed by atoms with Crippen LogP contribution in [0.2, 0.25) is 5.02 Å². The van der Waals surface area contributed by atoms with E-state index in [1.54, 1.807) is 18.2 Å². The molecule has 0 aliphatic rings. The van der Waals surface area contributed by atoms with E-state index in [-0.39, 0.29) is 5.75 Å². The van der Waals surface area contributed by atoms with Crippen molar-refractivity contribution < 1.29 is 5.11 Å². The number of aromatic hydroxyl groups is 1. The summed E-state index contributed by atoms with van der Waals surface area (Å²) in [6.07, 6.45) is 0. The number of nitrogens with zero attached hydrogens (tertiary/aromatic N) is 2. The molecule has 0 saturated heterocycles. The van der Waals surface area contributed by atoms with Gasteiger partial charge in [-0.15, -0.1) is 0 Å². The molecule has 0 unspecified atom stereocenters. The van der Waals surface area contributed by atoms with Crippen LogP contribution in [-0.4, -0.2) is 15.1 Å². The number of hydrogen-bond donors (Lipinski definition) is 2. The highest BCUT2D eigenvalue weighted by Gasteiger charge is 2.11. The minimum absolute atomic E-state index is 0.105. The van der Waals surface area contributed by atoms with E-state index < -0.39 is 0 Å². The van der Waals surface area contributed by atoms with E-state index in [1.165, 1.54) is 0 Å². The van der Waals surface area contributed by atoms with E-state index >= 15 is 0 Å². The van der Waals surface area contributed by atoms with Gasteiger partial charge >= 0.3 is 0 Å². The summed E-state index contributed by atoms with van der Waals surface area (Å²) in [5.41, 5.74) is 2.24. The van der Waals surface area contributed by atoms with Crippen LogP contribution >= 0.6 is 11.6 Å². The summed E-state index contributed by atoms with van der Waals surface area (Å²) in [5, 5.41) is 14.7. The van der Waals surface area contributed by atoms with Crippen molar-refractivity contribution in [2.45, 2.75) is 0 Å². The Hall–Kier alpha value is -3.11. The summed E-state index contributed by atoms with van der Waals surface area (Å²) < 4.78 is 0. The highest BCUT2D eigenvalue weighted by molar-refractivity contribution is 6.31. The maximum absolute atomic E-state index is 10.1. The first-order valence-electron chi connectivity index (χ1n) is 7.78. The number of phenols is 1. The molecule has 122 valence electrons. The van der Waals surface area contributed by atoms with E-state index in [1.807, 2.05) is 54.6 Å². The maximum Gasteiger partial charge on any atom is 0.162 e. The number of halogens is 1. The van der Waals surface area contributed by atoms with Crippen molar-refractivity contribution in [1.29, 1.82) is 0 Å². The lowest BCUT2D eigenvalue weighted by molar-refractivity contribution is 0.478. The Labute approximate surface area is 149 Å². The Morgan fingerprint density at radius 3 is 2.44 bits per heavy atom. The Morgan fingerprint density at radius 2 is 1.60 bits per heavy atom. The molecule has 0 radical (unpaired) electrons. The van der Waals surface area contributed by atoms with Crippen LogP contribution in [0.4, 0.5) is 11.5 Å². The molecule has 0 amide bonds. The van der Waals surface area contributed by atoms with Crippen LogP contribution < -0.4 is 5.32 Å². The van der Waals surface area contributed by atoms with Crippen LogP contribution in [-0.2, 0) is 0 Å². The van der Waals surface area contributed by atoms with Gasteiger partial charge in [0, 0.05) is 16.0 Å². The number of benzene rings is 3. The summed E-state index contributed by atoms with van der Waals surface area (Å²) in [7, 11) is 0. The van der Waals surface area contributed by atoms with Crippen molar-refractivity contribution in [3.8, 4) is 17.1 Å². The molecule has 0 atom stereocenters. The second-order valence-corrected chi connectivity index (χ2v) is 6.00. The van der Waals surface area contributed by atoms with Crippen molar-refractivity contribution >= 4 is 34.0 Å². The topological polar surface area (TPSA) is 58.0 Å². The van der Waals surface area contributed by atoms with E-state index in [0.717, 1.165) is 16.5 Å². The van der Waals surface area contributed by atoms with Crippen molar-refractivity contribution in [2.24, 2.45) is 0 Å². The van der Waals surface area contributed by atoms with Crippen molar-refractivity contribution in [1.82, 2.24) is 9.97 Å². The molecule has 0 fully saturated rings. The molecular formula is C20H14ClN3O. The zero-order chi connectivity index (χ0) is 17.2. The molecule has 0 aliphatic carbocycles. The first kappa shape index (κ1) is 15.4. The lowest BCUT2D eigenvalue weighted by Crippen LogP contribution is -1.99. The largest absolute Gasteiger partial charge is 0.506 e. The Kier molecular flexibility index (Phi) is 3.96. The van der Waals surface area contributed by atoms with Crippen molar-refractivity contribution in [3.63, 3.8) is 0 Å². The first-order valence-corrected chi connectivity index (χ1v) is 8.16. The first-order chi connectivity index (χ1) is 12.2. The predicted molar refractivity (Wildman–Crippen MR) is 101 cm³/mol. The molecule has 4 nitrogen and oxygen atoms in total. The fourth-order valence-electron chi connectivity index (χ4n) is 2.62. The molecule has 1 heterocycles. The molecular weight excluding hydrogens is 334 g/mol. The SMILES string of the molecule is Oc1ccc(Cl)cc1Nc1nc(-c2ccccc2)nc2ccccc12.